The monoisotopic (exact) mass is 396 g/mol. The highest BCUT2D eigenvalue weighted by atomic mass is 14.8. The summed E-state index contributed by atoms with van der Waals surface area (Å²) in [4.78, 5) is 8.69. The second-order valence-corrected chi connectivity index (χ2v) is 8.11. The van der Waals surface area contributed by atoms with E-state index >= 15 is 0 Å². The van der Waals surface area contributed by atoms with Gasteiger partial charge in [-0.15, -0.1) is 0 Å². The molecule has 0 radical (unpaired) electrons. The summed E-state index contributed by atoms with van der Waals surface area (Å²) < 4.78 is 0. The van der Waals surface area contributed by atoms with Crippen LogP contribution in [-0.2, 0) is 25.7 Å². The van der Waals surface area contributed by atoms with E-state index in [1.165, 1.54) is 33.0 Å². The van der Waals surface area contributed by atoms with Crippen LogP contribution in [0.1, 0.15) is 33.5 Å². The zero-order chi connectivity index (χ0) is 21.1. The number of aromatic nitrogens is 2. The Bertz CT molecular complexity index is 1180. The second kappa shape index (κ2) is 8.54. The first-order valence-electron chi connectivity index (χ1n) is 10.4. The Morgan fingerprint density at radius 3 is 2.07 bits per heavy atom. The number of fused-ring (bicyclic) bond motifs is 1. The molecule has 4 aromatic rings. The van der Waals surface area contributed by atoms with Crippen molar-refractivity contribution >= 4 is 22.4 Å². The van der Waals surface area contributed by atoms with Crippen molar-refractivity contribution in [3.05, 3.63) is 94.3 Å². The highest BCUT2D eigenvalue weighted by molar-refractivity contribution is 5.83. The van der Waals surface area contributed by atoms with Gasteiger partial charge in [-0.1, -0.05) is 36.4 Å². The summed E-state index contributed by atoms with van der Waals surface area (Å²) in [6.45, 7) is 4.15. The summed E-state index contributed by atoms with van der Waals surface area (Å²) in [5.41, 5.74) is 19.0. The Morgan fingerprint density at radius 1 is 0.700 bits per heavy atom. The van der Waals surface area contributed by atoms with Gasteiger partial charge in [0.25, 0.3) is 0 Å². The number of benzene rings is 2. The van der Waals surface area contributed by atoms with Crippen LogP contribution in [0.4, 0.5) is 11.6 Å². The molecule has 0 aliphatic rings. The van der Waals surface area contributed by atoms with Gasteiger partial charge in [-0.2, -0.15) is 0 Å². The van der Waals surface area contributed by atoms with Crippen LogP contribution in [0.3, 0.4) is 0 Å². The summed E-state index contributed by atoms with van der Waals surface area (Å²) in [7, 11) is 0. The molecule has 0 aliphatic carbocycles. The fourth-order valence-corrected chi connectivity index (χ4v) is 3.97. The Labute approximate surface area is 178 Å². The van der Waals surface area contributed by atoms with E-state index < -0.39 is 0 Å². The average Bonchev–Trinajstić information content (AvgIpc) is 2.70. The van der Waals surface area contributed by atoms with Gasteiger partial charge in [0.1, 0.15) is 11.6 Å². The third kappa shape index (κ3) is 4.77. The maximum Gasteiger partial charge on any atom is 0.123 e. The first-order chi connectivity index (χ1) is 14.5. The van der Waals surface area contributed by atoms with Gasteiger partial charge >= 0.3 is 0 Å². The van der Waals surface area contributed by atoms with Crippen molar-refractivity contribution in [2.45, 2.75) is 39.5 Å². The molecule has 4 rings (SSSR count). The van der Waals surface area contributed by atoms with Crippen LogP contribution in [0.15, 0.2) is 60.8 Å². The first-order valence-corrected chi connectivity index (χ1v) is 10.4. The molecule has 0 aliphatic heterocycles. The summed E-state index contributed by atoms with van der Waals surface area (Å²) in [5, 5.41) is 2.56. The molecule has 2 heterocycles. The Balaban J connectivity index is 1.47. The van der Waals surface area contributed by atoms with Gasteiger partial charge in [0.15, 0.2) is 0 Å². The molecular weight excluding hydrogens is 368 g/mol. The molecule has 152 valence electrons. The minimum absolute atomic E-state index is 0.582. The fraction of sp³-hybridized carbons (Fsp3) is 0.231. The van der Waals surface area contributed by atoms with Gasteiger partial charge in [-0.25, -0.2) is 9.97 Å². The van der Waals surface area contributed by atoms with E-state index in [-0.39, 0.29) is 0 Å². The van der Waals surface area contributed by atoms with E-state index in [0.717, 1.165) is 36.9 Å². The average molecular weight is 397 g/mol. The van der Waals surface area contributed by atoms with E-state index in [0.29, 0.717) is 11.6 Å². The van der Waals surface area contributed by atoms with E-state index in [1.54, 1.807) is 0 Å². The lowest BCUT2D eigenvalue weighted by molar-refractivity contribution is 0.914. The first kappa shape index (κ1) is 19.9. The maximum atomic E-state index is 5.89. The third-order valence-electron chi connectivity index (χ3n) is 5.60. The minimum Gasteiger partial charge on any atom is -0.384 e. The van der Waals surface area contributed by atoms with Crippen LogP contribution >= 0.6 is 0 Å². The lowest BCUT2D eigenvalue weighted by Crippen LogP contribution is -1.99. The molecule has 0 fully saturated rings. The largest absolute Gasteiger partial charge is 0.384 e. The lowest BCUT2D eigenvalue weighted by atomic mass is 9.98. The maximum absolute atomic E-state index is 5.89. The van der Waals surface area contributed by atoms with Crippen molar-refractivity contribution in [3.8, 4) is 0 Å². The number of hydrogen-bond acceptors (Lipinski definition) is 4. The molecule has 30 heavy (non-hydrogen) atoms. The lowest BCUT2D eigenvalue weighted by Gasteiger charge is -2.09. The van der Waals surface area contributed by atoms with E-state index in [4.69, 9.17) is 11.5 Å². The van der Waals surface area contributed by atoms with E-state index in [2.05, 4.69) is 66.3 Å². The van der Waals surface area contributed by atoms with Gasteiger partial charge in [0.05, 0.1) is 0 Å². The minimum atomic E-state index is 0.582. The number of hydrogen-bond donors (Lipinski definition) is 2. The van der Waals surface area contributed by atoms with Crippen molar-refractivity contribution in [3.63, 3.8) is 0 Å². The van der Waals surface area contributed by atoms with Crippen molar-refractivity contribution in [1.82, 2.24) is 9.97 Å². The van der Waals surface area contributed by atoms with Crippen molar-refractivity contribution in [2.75, 3.05) is 11.5 Å². The highest BCUT2D eigenvalue weighted by Crippen LogP contribution is 2.21. The Kier molecular flexibility index (Phi) is 5.66. The normalized spacial score (nSPS) is 11.1. The topological polar surface area (TPSA) is 77.8 Å². The van der Waals surface area contributed by atoms with Gasteiger partial charge in [-0.05, 0) is 96.3 Å². The molecule has 2 aromatic carbocycles. The van der Waals surface area contributed by atoms with Gasteiger partial charge in [0, 0.05) is 11.9 Å². The molecule has 0 amide bonds. The predicted molar refractivity (Wildman–Crippen MR) is 126 cm³/mol. The predicted octanol–water partition coefficient (Wildman–Crippen LogP) is 4.98. The van der Waals surface area contributed by atoms with Crippen LogP contribution in [0.25, 0.3) is 10.8 Å². The van der Waals surface area contributed by atoms with Gasteiger partial charge < -0.3 is 11.5 Å². The molecule has 4 nitrogen and oxygen atoms in total. The van der Waals surface area contributed by atoms with E-state index in [9.17, 15) is 0 Å². The number of nitrogens with zero attached hydrogens (tertiary/aromatic N) is 2. The summed E-state index contributed by atoms with van der Waals surface area (Å²) in [6, 6.07) is 19.4. The Hall–Kier alpha value is -3.40. The fourth-order valence-electron chi connectivity index (χ4n) is 3.97. The highest BCUT2D eigenvalue weighted by Gasteiger charge is 2.05. The number of nitrogen functional groups attached to an aromatic ring is 2. The van der Waals surface area contributed by atoms with Crippen LogP contribution in [-0.4, -0.2) is 9.97 Å². The number of aryl methyl sites for hydroxylation is 6. The molecule has 0 saturated carbocycles. The van der Waals surface area contributed by atoms with Gasteiger partial charge in [-0.3, -0.25) is 0 Å². The summed E-state index contributed by atoms with van der Waals surface area (Å²) in [5.74, 6) is 1.18. The van der Waals surface area contributed by atoms with Crippen LogP contribution in [0, 0.1) is 13.8 Å². The standard InChI is InChI=1S/C26H28N4/c1-17-11-24(30-26(28)12-17)10-6-20-4-8-21-7-3-19(14-23(21)15-20)5-9-22-16-29-25(27)13-18(22)2/h3-4,7-8,11-16H,5-6,9-10H2,1-2H3,(H2,27,29)(H2,28,30). The van der Waals surface area contributed by atoms with Crippen molar-refractivity contribution in [1.29, 1.82) is 0 Å². The quantitative estimate of drug-likeness (QED) is 0.482. The molecule has 4 N–H and O–H groups in total. The number of pyridine rings is 2. The zero-order valence-electron chi connectivity index (χ0n) is 17.7. The smallest absolute Gasteiger partial charge is 0.123 e. The SMILES string of the molecule is Cc1cc(N)nc(CCc2ccc3ccc(CCc4cnc(N)cc4C)cc3c2)c1. The number of anilines is 2. The molecule has 0 unspecified atom stereocenters. The zero-order valence-corrected chi connectivity index (χ0v) is 17.7. The van der Waals surface area contributed by atoms with Crippen LogP contribution < -0.4 is 11.5 Å². The number of nitrogens with two attached hydrogens (primary N) is 2. The molecule has 0 spiro atoms. The molecular formula is C26H28N4. The molecule has 0 atom stereocenters. The van der Waals surface area contributed by atoms with Crippen molar-refractivity contribution < 1.29 is 0 Å². The molecule has 0 bridgehead atoms. The van der Waals surface area contributed by atoms with Crippen molar-refractivity contribution in [2.24, 2.45) is 0 Å². The molecule has 4 heteroatoms. The second-order valence-electron chi connectivity index (χ2n) is 8.11. The van der Waals surface area contributed by atoms with Gasteiger partial charge in [0.2, 0.25) is 0 Å². The summed E-state index contributed by atoms with van der Waals surface area (Å²) in [6.07, 6.45) is 5.69. The molecule has 0 saturated heterocycles. The number of rotatable bonds is 6. The van der Waals surface area contributed by atoms with Crippen LogP contribution in [0.5, 0.6) is 0 Å². The van der Waals surface area contributed by atoms with Crippen LogP contribution in [0.2, 0.25) is 0 Å². The summed E-state index contributed by atoms with van der Waals surface area (Å²) >= 11 is 0. The van der Waals surface area contributed by atoms with E-state index in [1.807, 2.05) is 18.3 Å². The molecule has 2 aromatic heterocycles. The third-order valence-corrected chi connectivity index (χ3v) is 5.60. The Morgan fingerprint density at radius 2 is 1.40 bits per heavy atom.